The van der Waals surface area contributed by atoms with E-state index in [9.17, 15) is 33.6 Å². The number of nitrogens with one attached hydrogen (secondary N) is 2. The lowest BCUT2D eigenvalue weighted by Gasteiger charge is -2.26. The van der Waals surface area contributed by atoms with E-state index in [2.05, 4.69) is 20.6 Å². The second-order valence-corrected chi connectivity index (χ2v) is 17.6. The van der Waals surface area contributed by atoms with Crippen molar-refractivity contribution in [1.29, 1.82) is 0 Å². The topological polar surface area (TPSA) is 211 Å². The largest absolute Gasteiger partial charge is 0.399 e. The van der Waals surface area contributed by atoms with Crippen LogP contribution in [0.2, 0.25) is 0 Å². The van der Waals surface area contributed by atoms with E-state index in [1.165, 1.54) is 0 Å². The summed E-state index contributed by atoms with van der Waals surface area (Å²) in [5, 5.41) is 5.53. The van der Waals surface area contributed by atoms with Crippen LogP contribution in [-0.2, 0) is 51.5 Å². The first-order chi connectivity index (χ1) is 33.6. The molecule has 2 aromatic heterocycles. The molecule has 0 spiro atoms. The number of carbonyl (C=O) groups is 7. The number of amides is 4. The van der Waals surface area contributed by atoms with Gasteiger partial charge >= 0.3 is 0 Å². The van der Waals surface area contributed by atoms with Crippen molar-refractivity contribution < 1.29 is 38.3 Å². The van der Waals surface area contributed by atoms with Crippen LogP contribution in [0.1, 0.15) is 108 Å². The van der Waals surface area contributed by atoms with Crippen LogP contribution in [0.25, 0.3) is 0 Å². The number of aryl methyl sites for hydroxylation is 2. The van der Waals surface area contributed by atoms with Gasteiger partial charge in [0.1, 0.15) is 17.4 Å². The molecule has 366 valence electrons. The zero-order valence-corrected chi connectivity index (χ0v) is 39.8. The number of hydrogen-bond acceptors (Lipinski definition) is 11. The number of ether oxygens (including phenoxy) is 1. The number of aromatic nitrogens is 2. The summed E-state index contributed by atoms with van der Waals surface area (Å²) in [6.45, 7) is 8.17. The fourth-order valence-electron chi connectivity index (χ4n) is 8.09. The highest BCUT2D eigenvalue weighted by Gasteiger charge is 2.34. The summed E-state index contributed by atoms with van der Waals surface area (Å²) in [7, 11) is 1.55. The first-order valence-electron chi connectivity index (χ1n) is 22.9. The normalized spacial score (nSPS) is 15.2. The quantitative estimate of drug-likeness (QED) is 0.0945. The smallest absolute Gasteiger partial charge is 0.256 e. The average Bonchev–Trinajstić information content (AvgIpc) is 3.49. The van der Waals surface area contributed by atoms with E-state index < -0.39 is 12.1 Å². The third kappa shape index (κ3) is 13.1. The van der Waals surface area contributed by atoms with Gasteiger partial charge in [-0.15, -0.1) is 0 Å². The van der Waals surface area contributed by atoms with Gasteiger partial charge in [-0.05, 0) is 127 Å². The molecule has 15 nitrogen and oxygen atoms in total. The molecule has 4 amide bonds. The van der Waals surface area contributed by atoms with Crippen molar-refractivity contribution >= 4 is 58.3 Å². The van der Waals surface area contributed by atoms with Gasteiger partial charge in [-0.25, -0.2) is 9.97 Å². The number of nitrogen functional groups attached to an aromatic ring is 1. The summed E-state index contributed by atoms with van der Waals surface area (Å²) >= 11 is 0. The lowest BCUT2D eigenvalue weighted by molar-refractivity contribution is -0.123. The number of Topliss-reactive ketones (excluding diaryl/α,β-unsaturated/α-hetero) is 3. The maximum atomic E-state index is 13.5. The molecular formula is C56H59N7O8. The summed E-state index contributed by atoms with van der Waals surface area (Å²) < 4.78 is 4.97. The molecule has 4 N–H and O–H groups in total. The van der Waals surface area contributed by atoms with Gasteiger partial charge in [0.25, 0.3) is 23.6 Å². The number of carbonyl (C=O) groups excluding carboxylic acids is 7. The Balaban J connectivity index is 0.000000232. The monoisotopic (exact) mass is 957 g/mol. The average molecular weight is 958 g/mol. The SMILES string of the molecule is C.COCCC(=O)Cc1ccc2c(c1)CC(=O)[C@@H](C)N(Cc1ccc(C(=O)Nc3ccc(C)cn3)cc1)C2=O.Cc1ccc(NC(=O)c2ccc(CN3C(=O)c4ccc(N)cc4CC(=O)[C@H]3C)cc2)nc1. The second-order valence-electron chi connectivity index (χ2n) is 17.6. The number of pyridine rings is 2. The third-order valence-corrected chi connectivity index (χ3v) is 12.3. The van der Waals surface area contributed by atoms with Crippen molar-refractivity contribution in [3.05, 3.63) is 183 Å². The minimum Gasteiger partial charge on any atom is -0.399 e. The highest BCUT2D eigenvalue weighted by atomic mass is 16.5. The van der Waals surface area contributed by atoms with E-state index in [0.717, 1.165) is 27.8 Å². The predicted molar refractivity (Wildman–Crippen MR) is 272 cm³/mol. The zero-order valence-electron chi connectivity index (χ0n) is 39.8. The fraction of sp³-hybridized carbons (Fsp3) is 0.268. The Hall–Kier alpha value is -8.17. The molecular weight excluding hydrogens is 899 g/mol. The summed E-state index contributed by atoms with van der Waals surface area (Å²) in [4.78, 5) is 101. The van der Waals surface area contributed by atoms with E-state index in [4.69, 9.17) is 10.5 Å². The number of fused-ring (bicyclic) bond motifs is 2. The van der Waals surface area contributed by atoms with E-state index >= 15 is 0 Å². The molecule has 4 aromatic carbocycles. The molecule has 0 radical (unpaired) electrons. The molecule has 0 saturated carbocycles. The summed E-state index contributed by atoms with van der Waals surface area (Å²) in [6.07, 6.45) is 4.23. The van der Waals surface area contributed by atoms with Crippen molar-refractivity contribution in [2.75, 3.05) is 30.1 Å². The molecule has 71 heavy (non-hydrogen) atoms. The van der Waals surface area contributed by atoms with Crippen LogP contribution in [-0.4, -0.2) is 86.5 Å². The van der Waals surface area contributed by atoms with Gasteiger partial charge in [0.15, 0.2) is 11.6 Å². The van der Waals surface area contributed by atoms with Gasteiger partial charge in [0.2, 0.25) is 0 Å². The molecule has 2 atom stereocenters. The van der Waals surface area contributed by atoms with Gasteiger partial charge in [-0.1, -0.05) is 56.0 Å². The van der Waals surface area contributed by atoms with Crippen molar-refractivity contribution in [2.45, 2.75) is 86.0 Å². The predicted octanol–water partition coefficient (Wildman–Crippen LogP) is 7.96. The zero-order chi connectivity index (χ0) is 50.1. The number of nitrogens with two attached hydrogens (primary N) is 1. The van der Waals surface area contributed by atoms with Gasteiger partial charge < -0.3 is 30.9 Å². The van der Waals surface area contributed by atoms with Gasteiger partial charge in [0, 0.05) is 86.2 Å². The standard InChI is InChI=1S/C30H31N3O5.C25H24N4O3.CH4/c1-19-4-11-28(31-17-19)32-29(36)23-8-5-21(6-9-23)18-33-20(2)27(35)16-24-14-22(7-10-26(24)30(33)37)15-25(34)12-13-38-3;1-15-3-10-23(27-13-15)28-24(31)18-6-4-17(5-7-18)14-29-16(2)22(30)12-19-11-20(26)8-9-21(19)25(29)32;/h4-11,14,17,20H,12-13,15-16,18H2,1-3H3,(H,31,32,36);3-11,13,16H,12,14,26H2,1-2H3,(H,27,28,31);1H4/t20-;16-;/m11./s1. The first-order valence-corrected chi connectivity index (χ1v) is 22.9. The number of rotatable bonds is 13. The van der Waals surface area contributed by atoms with E-state index in [0.29, 0.717) is 63.7 Å². The Kier molecular flexibility index (Phi) is 17.2. The molecule has 15 heteroatoms. The molecule has 2 aliphatic heterocycles. The van der Waals surface area contributed by atoms with Crippen LogP contribution in [0.3, 0.4) is 0 Å². The summed E-state index contributed by atoms with van der Waals surface area (Å²) in [5.41, 5.74) is 14.0. The Morgan fingerprint density at radius 2 is 1.06 bits per heavy atom. The molecule has 0 unspecified atom stereocenters. The van der Waals surface area contributed by atoms with Crippen LogP contribution in [0, 0.1) is 13.8 Å². The van der Waals surface area contributed by atoms with Crippen molar-refractivity contribution in [3.8, 4) is 0 Å². The summed E-state index contributed by atoms with van der Waals surface area (Å²) in [5.74, 6) is -0.110. The van der Waals surface area contributed by atoms with Crippen LogP contribution in [0.4, 0.5) is 17.3 Å². The lowest BCUT2D eigenvalue weighted by Crippen LogP contribution is -2.41. The maximum absolute atomic E-state index is 13.5. The Morgan fingerprint density at radius 3 is 1.49 bits per heavy atom. The first kappa shape index (κ1) is 52.2. The minimum atomic E-state index is -0.614. The van der Waals surface area contributed by atoms with Crippen LogP contribution in [0.5, 0.6) is 0 Å². The summed E-state index contributed by atoms with van der Waals surface area (Å²) in [6, 6.07) is 30.3. The number of ketones is 3. The highest BCUT2D eigenvalue weighted by molar-refractivity contribution is 6.06. The molecule has 0 bridgehead atoms. The molecule has 2 aliphatic rings. The van der Waals surface area contributed by atoms with E-state index in [1.54, 1.807) is 140 Å². The van der Waals surface area contributed by atoms with E-state index in [-0.39, 0.29) is 80.8 Å². The molecule has 8 rings (SSSR count). The van der Waals surface area contributed by atoms with Crippen molar-refractivity contribution in [1.82, 2.24) is 19.8 Å². The number of anilines is 3. The highest BCUT2D eigenvalue weighted by Crippen LogP contribution is 2.27. The maximum Gasteiger partial charge on any atom is 0.256 e. The van der Waals surface area contributed by atoms with Gasteiger partial charge in [0.05, 0.1) is 18.7 Å². The van der Waals surface area contributed by atoms with E-state index in [1.807, 2.05) is 26.0 Å². The van der Waals surface area contributed by atoms with Gasteiger partial charge in [-0.3, -0.25) is 33.6 Å². The number of nitrogens with zero attached hydrogens (tertiary/aromatic N) is 4. The van der Waals surface area contributed by atoms with Crippen LogP contribution < -0.4 is 16.4 Å². The number of hydrogen-bond donors (Lipinski definition) is 3. The lowest BCUT2D eigenvalue weighted by atomic mass is 9.97. The third-order valence-electron chi connectivity index (χ3n) is 12.3. The van der Waals surface area contributed by atoms with Crippen LogP contribution in [0.15, 0.2) is 122 Å². The van der Waals surface area contributed by atoms with Crippen molar-refractivity contribution in [2.24, 2.45) is 0 Å². The second kappa shape index (κ2) is 23.4. The molecule has 4 heterocycles. The molecule has 0 fully saturated rings. The number of methoxy groups -OCH3 is 1. The fourth-order valence-corrected chi connectivity index (χ4v) is 8.09. The molecule has 0 aliphatic carbocycles. The van der Waals surface area contributed by atoms with Crippen LogP contribution >= 0.6 is 0 Å². The van der Waals surface area contributed by atoms with Gasteiger partial charge in [-0.2, -0.15) is 0 Å². The number of benzene rings is 4. The Labute approximate surface area is 413 Å². The van der Waals surface area contributed by atoms with Crippen molar-refractivity contribution in [3.63, 3.8) is 0 Å². The Bertz CT molecular complexity index is 2940. The Morgan fingerprint density at radius 1 is 0.620 bits per heavy atom. The molecule has 0 saturated heterocycles. The minimum absolute atomic E-state index is 0. The molecule has 6 aromatic rings.